The minimum absolute atomic E-state index is 0.00171. The van der Waals surface area contributed by atoms with Crippen LogP contribution in [-0.2, 0) is 10.0 Å². The molecule has 0 fully saturated rings. The summed E-state index contributed by atoms with van der Waals surface area (Å²) in [5, 5.41) is 0.418. The Labute approximate surface area is 119 Å². The van der Waals surface area contributed by atoms with Gasteiger partial charge in [-0.05, 0) is 24.3 Å². The van der Waals surface area contributed by atoms with Gasteiger partial charge in [-0.1, -0.05) is 23.2 Å². The topological polar surface area (TPSA) is 59.1 Å². The van der Waals surface area contributed by atoms with Crippen LogP contribution in [0.2, 0.25) is 10.0 Å². The molecule has 1 heterocycles. The molecule has 2 rings (SSSR count). The van der Waals surface area contributed by atoms with E-state index in [9.17, 15) is 12.8 Å². The lowest BCUT2D eigenvalue weighted by Crippen LogP contribution is -2.15. The van der Waals surface area contributed by atoms with Crippen LogP contribution in [-0.4, -0.2) is 13.4 Å². The third kappa shape index (κ3) is 3.34. The van der Waals surface area contributed by atoms with Gasteiger partial charge in [-0.3, -0.25) is 4.72 Å². The monoisotopic (exact) mass is 320 g/mol. The molecule has 0 aliphatic rings. The van der Waals surface area contributed by atoms with Crippen LogP contribution in [0.3, 0.4) is 0 Å². The van der Waals surface area contributed by atoms with Crippen molar-refractivity contribution in [1.82, 2.24) is 4.98 Å². The third-order valence-corrected chi connectivity index (χ3v) is 4.00. The number of hydrogen-bond acceptors (Lipinski definition) is 3. The summed E-state index contributed by atoms with van der Waals surface area (Å²) in [5.41, 5.74) is 0. The van der Waals surface area contributed by atoms with Gasteiger partial charge in [0.05, 0.1) is 0 Å². The lowest BCUT2D eigenvalue weighted by Gasteiger charge is -2.08. The van der Waals surface area contributed by atoms with Crippen LogP contribution >= 0.6 is 23.2 Å². The Morgan fingerprint density at radius 3 is 2.42 bits per heavy atom. The molecule has 0 atom stereocenters. The zero-order chi connectivity index (χ0) is 14.0. The van der Waals surface area contributed by atoms with E-state index in [2.05, 4.69) is 9.71 Å². The molecule has 100 valence electrons. The maximum atomic E-state index is 13.6. The molecule has 1 aromatic heterocycles. The average molecular weight is 321 g/mol. The van der Waals surface area contributed by atoms with Gasteiger partial charge in [0.2, 0.25) is 0 Å². The van der Waals surface area contributed by atoms with Crippen molar-refractivity contribution in [3.63, 3.8) is 0 Å². The molecule has 0 amide bonds. The molecule has 0 radical (unpaired) electrons. The summed E-state index contributed by atoms with van der Waals surface area (Å²) in [6.45, 7) is 0. The summed E-state index contributed by atoms with van der Waals surface area (Å²) >= 11 is 11.3. The zero-order valence-corrected chi connectivity index (χ0v) is 11.6. The van der Waals surface area contributed by atoms with Gasteiger partial charge in [0.1, 0.15) is 16.5 Å². The molecular weight excluding hydrogens is 314 g/mol. The summed E-state index contributed by atoms with van der Waals surface area (Å²) in [7, 11) is -4.08. The van der Waals surface area contributed by atoms with E-state index in [1.807, 2.05) is 0 Å². The van der Waals surface area contributed by atoms with E-state index in [4.69, 9.17) is 23.2 Å². The first-order chi connectivity index (χ1) is 8.88. The normalized spacial score (nSPS) is 11.3. The quantitative estimate of drug-likeness (QED) is 0.943. The van der Waals surface area contributed by atoms with Gasteiger partial charge >= 0.3 is 0 Å². The molecule has 0 spiro atoms. The Kier molecular flexibility index (Phi) is 3.93. The number of nitrogens with zero attached hydrogens (tertiary/aromatic N) is 1. The molecule has 0 aliphatic heterocycles. The molecule has 0 bridgehead atoms. The van der Waals surface area contributed by atoms with Gasteiger partial charge in [-0.15, -0.1) is 0 Å². The Morgan fingerprint density at radius 1 is 1.11 bits per heavy atom. The molecular formula is C11H7Cl2FN2O2S. The van der Waals surface area contributed by atoms with E-state index >= 15 is 0 Å². The fourth-order valence-corrected chi connectivity index (χ4v) is 2.72. The molecule has 0 saturated carbocycles. The number of benzene rings is 1. The van der Waals surface area contributed by atoms with Crippen LogP contribution in [0.1, 0.15) is 0 Å². The average Bonchev–Trinajstić information content (AvgIpc) is 2.27. The third-order valence-electron chi connectivity index (χ3n) is 2.14. The fourth-order valence-electron chi connectivity index (χ4n) is 1.35. The van der Waals surface area contributed by atoms with E-state index in [-0.39, 0.29) is 10.8 Å². The van der Waals surface area contributed by atoms with Crippen LogP contribution in [0.25, 0.3) is 0 Å². The van der Waals surface area contributed by atoms with Crippen molar-refractivity contribution in [3.05, 3.63) is 52.4 Å². The predicted molar refractivity (Wildman–Crippen MR) is 71.5 cm³/mol. The number of aromatic nitrogens is 1. The van der Waals surface area contributed by atoms with Crippen molar-refractivity contribution in [2.75, 3.05) is 4.72 Å². The SMILES string of the molecule is O=S(=O)(Nc1cc(Cl)ccn1)c1ccc(Cl)cc1F. The maximum absolute atomic E-state index is 13.6. The standard InChI is InChI=1S/C11H7Cl2FN2O2S/c12-7-1-2-10(9(14)5-7)19(17,18)16-11-6-8(13)3-4-15-11/h1-6H,(H,15,16). The Balaban J connectivity index is 2.38. The van der Waals surface area contributed by atoms with Crippen LogP contribution < -0.4 is 4.72 Å². The number of halogens is 3. The lowest BCUT2D eigenvalue weighted by atomic mass is 10.3. The van der Waals surface area contributed by atoms with Gasteiger partial charge in [-0.2, -0.15) is 0 Å². The maximum Gasteiger partial charge on any atom is 0.265 e. The van der Waals surface area contributed by atoms with Gasteiger partial charge in [-0.25, -0.2) is 17.8 Å². The predicted octanol–water partition coefficient (Wildman–Crippen LogP) is 3.33. The molecule has 0 unspecified atom stereocenters. The first kappa shape index (κ1) is 14.0. The van der Waals surface area contributed by atoms with Crippen LogP contribution in [0.4, 0.5) is 10.2 Å². The molecule has 2 aromatic rings. The summed E-state index contributed by atoms with van der Waals surface area (Å²) in [5.74, 6) is -0.941. The number of anilines is 1. The molecule has 19 heavy (non-hydrogen) atoms. The second-order valence-corrected chi connectivity index (χ2v) is 6.06. The smallest absolute Gasteiger partial charge is 0.263 e. The highest BCUT2D eigenvalue weighted by molar-refractivity contribution is 7.92. The highest BCUT2D eigenvalue weighted by atomic mass is 35.5. The molecule has 0 aliphatic carbocycles. The van der Waals surface area contributed by atoms with Crippen molar-refractivity contribution >= 4 is 39.0 Å². The highest BCUT2D eigenvalue weighted by Crippen LogP contribution is 2.22. The Bertz CT molecular complexity index is 722. The summed E-state index contributed by atoms with van der Waals surface area (Å²) in [6, 6.07) is 6.08. The van der Waals surface area contributed by atoms with Crippen LogP contribution in [0, 0.1) is 5.82 Å². The van der Waals surface area contributed by atoms with Gasteiger partial charge in [0.25, 0.3) is 10.0 Å². The highest BCUT2D eigenvalue weighted by Gasteiger charge is 2.19. The van der Waals surface area contributed by atoms with E-state index < -0.39 is 20.7 Å². The number of rotatable bonds is 3. The zero-order valence-electron chi connectivity index (χ0n) is 9.27. The number of sulfonamides is 1. The number of nitrogens with one attached hydrogen (secondary N) is 1. The van der Waals surface area contributed by atoms with Crippen molar-refractivity contribution in [2.45, 2.75) is 4.90 Å². The van der Waals surface area contributed by atoms with Crippen molar-refractivity contribution in [1.29, 1.82) is 0 Å². The van der Waals surface area contributed by atoms with Gasteiger partial charge < -0.3 is 0 Å². The second kappa shape index (κ2) is 5.32. The molecule has 1 N–H and O–H groups in total. The summed E-state index contributed by atoms with van der Waals surface area (Å²) in [6.07, 6.45) is 1.33. The number of hydrogen-bond donors (Lipinski definition) is 1. The van der Waals surface area contributed by atoms with Gasteiger partial charge in [0, 0.05) is 22.3 Å². The van der Waals surface area contributed by atoms with Crippen LogP contribution in [0.15, 0.2) is 41.4 Å². The van der Waals surface area contributed by atoms with Crippen LogP contribution in [0.5, 0.6) is 0 Å². The van der Waals surface area contributed by atoms with Gasteiger partial charge in [0.15, 0.2) is 0 Å². The molecule has 0 saturated heterocycles. The van der Waals surface area contributed by atoms with E-state index in [0.717, 1.165) is 12.1 Å². The number of pyridine rings is 1. The minimum atomic E-state index is -4.08. The molecule has 1 aromatic carbocycles. The van der Waals surface area contributed by atoms with Crippen molar-refractivity contribution in [2.24, 2.45) is 0 Å². The van der Waals surface area contributed by atoms with Crippen molar-refractivity contribution < 1.29 is 12.8 Å². The lowest BCUT2D eigenvalue weighted by molar-refractivity contribution is 0.570. The first-order valence-corrected chi connectivity index (χ1v) is 7.22. The van der Waals surface area contributed by atoms with Crippen molar-refractivity contribution in [3.8, 4) is 0 Å². The fraction of sp³-hybridized carbons (Fsp3) is 0. The largest absolute Gasteiger partial charge is 0.265 e. The van der Waals surface area contributed by atoms with E-state index in [1.165, 1.54) is 24.4 Å². The Morgan fingerprint density at radius 2 is 1.79 bits per heavy atom. The van der Waals surface area contributed by atoms with E-state index in [1.54, 1.807) is 0 Å². The minimum Gasteiger partial charge on any atom is -0.263 e. The first-order valence-electron chi connectivity index (χ1n) is 4.98. The molecule has 4 nitrogen and oxygen atoms in total. The summed E-state index contributed by atoms with van der Waals surface area (Å²) < 4.78 is 39.6. The summed E-state index contributed by atoms with van der Waals surface area (Å²) in [4.78, 5) is 3.26. The second-order valence-electron chi connectivity index (χ2n) is 3.54. The van der Waals surface area contributed by atoms with E-state index in [0.29, 0.717) is 5.02 Å². The Hall–Kier alpha value is -1.37. The molecule has 8 heteroatoms.